The van der Waals surface area contributed by atoms with Gasteiger partial charge in [0.2, 0.25) is 0 Å². The Balaban J connectivity index is 1.96. The third kappa shape index (κ3) is 2.70. The standard InChI is InChI=1S/C20H17Cl2N3O/c1-12(2)24-11-17-18(20(24)26)23-19(13-7-9-14(21)10-8-13)25(17)16-6-4-3-5-15(16)22/h3-10,12H,11H2,1-2H3. The number of amides is 1. The Labute approximate surface area is 162 Å². The number of aromatic nitrogens is 2. The third-order valence-corrected chi connectivity index (χ3v) is 5.15. The monoisotopic (exact) mass is 385 g/mol. The number of nitrogens with zero attached hydrogens (tertiary/aromatic N) is 3. The molecule has 0 spiro atoms. The van der Waals surface area contributed by atoms with Crippen LogP contribution in [0, 0.1) is 0 Å². The Morgan fingerprint density at radius 3 is 2.38 bits per heavy atom. The lowest BCUT2D eigenvalue weighted by atomic mass is 10.2. The number of para-hydroxylation sites is 1. The quantitative estimate of drug-likeness (QED) is 0.620. The van der Waals surface area contributed by atoms with Crippen LogP contribution in [0.4, 0.5) is 0 Å². The van der Waals surface area contributed by atoms with Crippen LogP contribution >= 0.6 is 23.2 Å². The number of halogens is 2. The van der Waals surface area contributed by atoms with E-state index in [2.05, 4.69) is 0 Å². The molecule has 0 unspecified atom stereocenters. The molecule has 4 rings (SSSR count). The fourth-order valence-electron chi connectivity index (χ4n) is 3.24. The van der Waals surface area contributed by atoms with Crippen LogP contribution in [0.25, 0.3) is 17.1 Å². The third-order valence-electron chi connectivity index (χ3n) is 4.58. The van der Waals surface area contributed by atoms with Crippen molar-refractivity contribution in [2.75, 3.05) is 0 Å². The van der Waals surface area contributed by atoms with E-state index in [9.17, 15) is 4.79 Å². The van der Waals surface area contributed by atoms with Gasteiger partial charge in [-0.3, -0.25) is 9.36 Å². The molecule has 4 nitrogen and oxygen atoms in total. The highest BCUT2D eigenvalue weighted by Crippen LogP contribution is 2.35. The SMILES string of the molecule is CC(C)N1Cc2c(nc(-c3ccc(Cl)cc3)n2-c2ccccc2Cl)C1=O. The molecule has 0 atom stereocenters. The van der Waals surface area contributed by atoms with E-state index in [1.165, 1.54) is 0 Å². The van der Waals surface area contributed by atoms with E-state index in [4.69, 9.17) is 28.2 Å². The minimum Gasteiger partial charge on any atom is -0.329 e. The van der Waals surface area contributed by atoms with Crippen molar-refractivity contribution in [3.05, 3.63) is 70.0 Å². The van der Waals surface area contributed by atoms with E-state index in [0.717, 1.165) is 16.9 Å². The second-order valence-electron chi connectivity index (χ2n) is 6.55. The van der Waals surface area contributed by atoms with Crippen LogP contribution < -0.4 is 0 Å². The van der Waals surface area contributed by atoms with Crippen LogP contribution in [0.2, 0.25) is 10.0 Å². The number of imidazole rings is 1. The summed E-state index contributed by atoms with van der Waals surface area (Å²) in [6.07, 6.45) is 0. The summed E-state index contributed by atoms with van der Waals surface area (Å²) in [6.45, 7) is 4.52. The molecule has 0 aliphatic carbocycles. The van der Waals surface area contributed by atoms with Crippen molar-refractivity contribution in [1.82, 2.24) is 14.5 Å². The maximum Gasteiger partial charge on any atom is 0.275 e. The molecule has 26 heavy (non-hydrogen) atoms. The van der Waals surface area contributed by atoms with Crippen molar-refractivity contribution in [2.24, 2.45) is 0 Å². The number of rotatable bonds is 3. The molecule has 1 amide bonds. The van der Waals surface area contributed by atoms with Gasteiger partial charge in [-0.05, 0) is 50.2 Å². The summed E-state index contributed by atoms with van der Waals surface area (Å²) in [5, 5.41) is 1.26. The van der Waals surface area contributed by atoms with Gasteiger partial charge in [0.05, 0.1) is 22.9 Å². The van der Waals surface area contributed by atoms with E-state index in [-0.39, 0.29) is 11.9 Å². The Kier molecular flexibility index (Phi) is 4.25. The normalized spacial score (nSPS) is 13.6. The molecule has 0 radical (unpaired) electrons. The minimum atomic E-state index is -0.0454. The fourth-order valence-corrected chi connectivity index (χ4v) is 3.59. The van der Waals surface area contributed by atoms with Crippen LogP contribution in [0.3, 0.4) is 0 Å². The average molecular weight is 386 g/mol. The molecule has 0 saturated carbocycles. The Morgan fingerprint density at radius 2 is 1.73 bits per heavy atom. The van der Waals surface area contributed by atoms with Gasteiger partial charge < -0.3 is 4.90 Å². The summed E-state index contributed by atoms with van der Waals surface area (Å²) in [6, 6.07) is 15.1. The van der Waals surface area contributed by atoms with Gasteiger partial charge in [0.25, 0.3) is 5.91 Å². The summed E-state index contributed by atoms with van der Waals surface area (Å²) in [5.41, 5.74) is 3.05. The molecule has 0 N–H and O–H groups in total. The zero-order valence-electron chi connectivity index (χ0n) is 14.4. The van der Waals surface area contributed by atoms with E-state index >= 15 is 0 Å². The van der Waals surface area contributed by atoms with Crippen LogP contribution in [-0.4, -0.2) is 26.4 Å². The zero-order chi connectivity index (χ0) is 18.4. The van der Waals surface area contributed by atoms with Crippen LogP contribution in [0.5, 0.6) is 0 Å². The van der Waals surface area contributed by atoms with Crippen LogP contribution in [0.15, 0.2) is 48.5 Å². The highest BCUT2D eigenvalue weighted by atomic mass is 35.5. The molecule has 0 saturated heterocycles. The summed E-state index contributed by atoms with van der Waals surface area (Å²) in [4.78, 5) is 19.3. The molecule has 2 heterocycles. The molecule has 132 valence electrons. The predicted octanol–water partition coefficient (Wildman–Crippen LogP) is 5.21. The maximum absolute atomic E-state index is 12.8. The molecule has 2 aromatic carbocycles. The van der Waals surface area contributed by atoms with Crippen molar-refractivity contribution in [3.8, 4) is 17.1 Å². The number of fused-ring (bicyclic) bond motifs is 1. The number of hydrogen-bond acceptors (Lipinski definition) is 2. The van der Waals surface area contributed by atoms with E-state index in [1.54, 1.807) is 0 Å². The van der Waals surface area contributed by atoms with Crippen molar-refractivity contribution in [3.63, 3.8) is 0 Å². The topological polar surface area (TPSA) is 38.1 Å². The average Bonchev–Trinajstić information content (AvgIpc) is 3.13. The first kappa shape index (κ1) is 17.1. The fraction of sp³-hybridized carbons (Fsp3) is 0.200. The first-order valence-corrected chi connectivity index (χ1v) is 9.16. The smallest absolute Gasteiger partial charge is 0.275 e. The van der Waals surface area contributed by atoms with Gasteiger partial charge in [-0.25, -0.2) is 4.98 Å². The lowest BCUT2D eigenvalue weighted by Crippen LogP contribution is -2.31. The second kappa shape index (κ2) is 6.45. The number of carbonyl (C=O) groups is 1. The predicted molar refractivity (Wildman–Crippen MR) is 104 cm³/mol. The van der Waals surface area contributed by atoms with Crippen molar-refractivity contribution in [1.29, 1.82) is 0 Å². The highest BCUT2D eigenvalue weighted by molar-refractivity contribution is 6.32. The van der Waals surface area contributed by atoms with E-state index in [0.29, 0.717) is 28.1 Å². The van der Waals surface area contributed by atoms with Crippen molar-refractivity contribution >= 4 is 29.1 Å². The molecule has 0 fully saturated rings. The summed E-state index contributed by atoms with van der Waals surface area (Å²) < 4.78 is 1.99. The summed E-state index contributed by atoms with van der Waals surface area (Å²) >= 11 is 12.5. The molecule has 1 aliphatic heterocycles. The van der Waals surface area contributed by atoms with Gasteiger partial charge in [-0.15, -0.1) is 0 Å². The van der Waals surface area contributed by atoms with Gasteiger partial charge in [-0.1, -0.05) is 35.3 Å². The lowest BCUT2D eigenvalue weighted by molar-refractivity contribution is 0.0724. The maximum atomic E-state index is 12.8. The van der Waals surface area contributed by atoms with Crippen molar-refractivity contribution < 1.29 is 4.79 Å². The van der Waals surface area contributed by atoms with Gasteiger partial charge in [0.15, 0.2) is 5.69 Å². The molecular formula is C20H17Cl2N3O. The number of hydrogen-bond donors (Lipinski definition) is 0. The van der Waals surface area contributed by atoms with E-state index in [1.807, 2.05) is 71.8 Å². The zero-order valence-corrected chi connectivity index (χ0v) is 15.9. The molecule has 3 aromatic rings. The first-order chi connectivity index (χ1) is 12.5. The second-order valence-corrected chi connectivity index (χ2v) is 7.39. The minimum absolute atomic E-state index is 0.0454. The summed E-state index contributed by atoms with van der Waals surface area (Å²) in [5.74, 6) is 0.646. The Morgan fingerprint density at radius 1 is 1.04 bits per heavy atom. The molecule has 1 aromatic heterocycles. The van der Waals surface area contributed by atoms with Gasteiger partial charge in [0, 0.05) is 16.6 Å². The number of benzene rings is 2. The molecule has 0 bridgehead atoms. The van der Waals surface area contributed by atoms with Crippen LogP contribution in [-0.2, 0) is 6.54 Å². The molecule has 1 aliphatic rings. The number of carbonyl (C=O) groups excluding carboxylic acids is 1. The van der Waals surface area contributed by atoms with Gasteiger partial charge in [0.1, 0.15) is 5.82 Å². The first-order valence-electron chi connectivity index (χ1n) is 8.41. The van der Waals surface area contributed by atoms with Gasteiger partial charge >= 0.3 is 0 Å². The summed E-state index contributed by atoms with van der Waals surface area (Å²) in [7, 11) is 0. The highest BCUT2D eigenvalue weighted by Gasteiger charge is 2.36. The Bertz CT molecular complexity index is 993. The Hall–Kier alpha value is -2.30. The molecule has 6 heteroatoms. The van der Waals surface area contributed by atoms with Crippen LogP contribution in [0.1, 0.15) is 30.0 Å². The van der Waals surface area contributed by atoms with E-state index < -0.39 is 0 Å². The largest absolute Gasteiger partial charge is 0.329 e. The lowest BCUT2D eigenvalue weighted by Gasteiger charge is -2.21. The molecular weight excluding hydrogens is 369 g/mol. The van der Waals surface area contributed by atoms with Gasteiger partial charge in [-0.2, -0.15) is 0 Å². The van der Waals surface area contributed by atoms with Crippen molar-refractivity contribution in [2.45, 2.75) is 26.4 Å².